The first-order valence-corrected chi connectivity index (χ1v) is 10.0. The van der Waals surface area contributed by atoms with Gasteiger partial charge in [0.1, 0.15) is 5.75 Å². The Hall–Kier alpha value is -2.53. The molecule has 1 amide bonds. The van der Waals surface area contributed by atoms with Gasteiger partial charge in [-0.15, -0.1) is 0 Å². The Bertz CT molecular complexity index is 882. The molecule has 0 aliphatic carbocycles. The minimum Gasteiger partial charge on any atom is -0.497 e. The highest BCUT2D eigenvalue weighted by Gasteiger charge is 2.47. The lowest BCUT2D eigenvalue weighted by Gasteiger charge is -2.44. The number of anilines is 1. The Kier molecular flexibility index (Phi) is 5.02. The summed E-state index contributed by atoms with van der Waals surface area (Å²) in [5, 5.41) is 10.0. The first-order chi connectivity index (χ1) is 13.6. The van der Waals surface area contributed by atoms with Crippen molar-refractivity contribution < 1.29 is 14.6 Å². The van der Waals surface area contributed by atoms with Gasteiger partial charge in [-0.2, -0.15) is 0 Å². The molecular weight excluding hydrogens is 352 g/mol. The van der Waals surface area contributed by atoms with E-state index in [1.54, 1.807) is 7.11 Å². The predicted octanol–water partition coefficient (Wildman–Crippen LogP) is 3.47. The van der Waals surface area contributed by atoms with Crippen molar-refractivity contribution in [3.8, 4) is 16.9 Å². The fourth-order valence-corrected chi connectivity index (χ4v) is 4.92. The molecule has 4 rings (SSSR count). The number of carbonyl (C=O) groups excluding carboxylic acids is 1. The average Bonchev–Trinajstić information content (AvgIpc) is 3.18. The van der Waals surface area contributed by atoms with Crippen LogP contribution in [0.1, 0.15) is 31.4 Å². The van der Waals surface area contributed by atoms with Crippen molar-refractivity contribution in [3.63, 3.8) is 0 Å². The lowest BCUT2D eigenvalue weighted by Crippen LogP contribution is -2.48. The van der Waals surface area contributed by atoms with Crippen LogP contribution >= 0.6 is 0 Å². The molecule has 1 saturated heterocycles. The normalized spacial score (nSPS) is 23.4. The quantitative estimate of drug-likeness (QED) is 0.882. The molecule has 0 aromatic heterocycles. The van der Waals surface area contributed by atoms with E-state index in [1.165, 1.54) is 5.56 Å². The van der Waals surface area contributed by atoms with Crippen molar-refractivity contribution in [1.29, 1.82) is 0 Å². The number of methoxy groups -OCH3 is 1. The van der Waals surface area contributed by atoms with Crippen molar-refractivity contribution in [1.82, 2.24) is 4.90 Å². The first kappa shape index (κ1) is 18.8. The summed E-state index contributed by atoms with van der Waals surface area (Å²) in [5.41, 5.74) is 4.49. The molecule has 1 N–H and O–H groups in total. The van der Waals surface area contributed by atoms with E-state index in [1.807, 2.05) is 37.1 Å². The van der Waals surface area contributed by atoms with E-state index in [9.17, 15) is 9.90 Å². The number of ether oxygens (including phenoxy) is 1. The number of hydrogen-bond acceptors (Lipinski definition) is 4. The second-order valence-corrected chi connectivity index (χ2v) is 7.70. The standard InChI is InChI=1S/C23H28N2O3/c1-4-22(27)25-11-10-18-21(14-26)24(2)20-9-8-16(13-19(20)23(18)25)15-6-5-7-17(12-15)28-3/h5-9,12-13,18,21,23,26H,4,10-11,14H2,1-3H3/t18-,21-,23-/m0/s1. The largest absolute Gasteiger partial charge is 0.497 e. The van der Waals surface area contributed by atoms with Gasteiger partial charge in [-0.3, -0.25) is 4.79 Å². The van der Waals surface area contributed by atoms with Crippen LogP contribution in [0.3, 0.4) is 0 Å². The molecule has 2 heterocycles. The van der Waals surface area contributed by atoms with Crippen LogP contribution in [0.5, 0.6) is 5.75 Å². The van der Waals surface area contributed by atoms with Gasteiger partial charge in [-0.25, -0.2) is 0 Å². The van der Waals surface area contributed by atoms with Crippen LogP contribution in [0, 0.1) is 5.92 Å². The zero-order chi connectivity index (χ0) is 19.8. The predicted molar refractivity (Wildman–Crippen MR) is 111 cm³/mol. The van der Waals surface area contributed by atoms with Crippen LogP contribution in [-0.2, 0) is 4.79 Å². The summed E-state index contributed by atoms with van der Waals surface area (Å²) in [5.74, 6) is 1.26. The third-order valence-corrected chi connectivity index (χ3v) is 6.38. The lowest BCUT2D eigenvalue weighted by atomic mass is 9.81. The smallest absolute Gasteiger partial charge is 0.222 e. The molecule has 0 spiro atoms. The molecule has 0 radical (unpaired) electrons. The van der Waals surface area contributed by atoms with Crippen molar-refractivity contribution in [2.45, 2.75) is 31.8 Å². The summed E-state index contributed by atoms with van der Waals surface area (Å²) in [6, 6.07) is 14.6. The topological polar surface area (TPSA) is 53.0 Å². The summed E-state index contributed by atoms with van der Waals surface area (Å²) in [4.78, 5) is 16.8. The molecule has 0 saturated carbocycles. The van der Waals surface area contributed by atoms with E-state index in [4.69, 9.17) is 4.74 Å². The highest BCUT2D eigenvalue weighted by Crippen LogP contribution is 2.49. The molecule has 2 aliphatic rings. The van der Waals surface area contributed by atoms with E-state index >= 15 is 0 Å². The van der Waals surface area contributed by atoms with E-state index < -0.39 is 0 Å². The van der Waals surface area contributed by atoms with Gasteiger partial charge in [0.15, 0.2) is 0 Å². The van der Waals surface area contributed by atoms with Crippen molar-refractivity contribution in [3.05, 3.63) is 48.0 Å². The average molecular weight is 380 g/mol. The van der Waals surface area contributed by atoms with E-state index in [-0.39, 0.29) is 30.5 Å². The lowest BCUT2D eigenvalue weighted by molar-refractivity contribution is -0.132. The Balaban J connectivity index is 1.82. The molecule has 3 atom stereocenters. The van der Waals surface area contributed by atoms with Crippen LogP contribution < -0.4 is 9.64 Å². The number of aliphatic hydroxyl groups excluding tert-OH is 1. The Morgan fingerprint density at radius 2 is 2.00 bits per heavy atom. The number of rotatable bonds is 4. The third kappa shape index (κ3) is 2.94. The molecule has 5 heteroatoms. The Morgan fingerprint density at radius 1 is 1.21 bits per heavy atom. The van der Waals surface area contributed by atoms with Crippen molar-refractivity contribution in [2.24, 2.45) is 5.92 Å². The highest BCUT2D eigenvalue weighted by atomic mass is 16.5. The zero-order valence-electron chi connectivity index (χ0n) is 16.8. The first-order valence-electron chi connectivity index (χ1n) is 10.0. The maximum atomic E-state index is 12.6. The fourth-order valence-electron chi connectivity index (χ4n) is 4.92. The number of fused-ring (bicyclic) bond motifs is 3. The number of likely N-dealkylation sites (tertiary alicyclic amines) is 1. The molecule has 0 bridgehead atoms. The van der Waals surface area contributed by atoms with Crippen LogP contribution in [0.15, 0.2) is 42.5 Å². The van der Waals surface area contributed by atoms with Gasteiger partial charge < -0.3 is 19.6 Å². The third-order valence-electron chi connectivity index (χ3n) is 6.38. The Labute approximate surface area is 166 Å². The second-order valence-electron chi connectivity index (χ2n) is 7.70. The van der Waals surface area contributed by atoms with Gasteiger partial charge in [0.25, 0.3) is 0 Å². The maximum Gasteiger partial charge on any atom is 0.222 e. The number of likely N-dealkylation sites (N-methyl/N-ethyl adjacent to an activating group) is 1. The van der Waals surface area contributed by atoms with E-state index in [2.05, 4.69) is 29.2 Å². The molecule has 148 valence electrons. The van der Waals surface area contributed by atoms with Gasteiger partial charge in [0.2, 0.25) is 5.91 Å². The highest BCUT2D eigenvalue weighted by molar-refractivity contribution is 5.79. The number of benzene rings is 2. The number of nitrogens with zero attached hydrogens (tertiary/aromatic N) is 2. The SMILES string of the molecule is CCC(=O)N1CC[C@@H]2[C@H]1c1cc(-c3cccc(OC)c3)ccc1N(C)[C@H]2CO. The van der Waals surface area contributed by atoms with E-state index in [0.29, 0.717) is 6.42 Å². The summed E-state index contributed by atoms with van der Waals surface area (Å²) >= 11 is 0. The Morgan fingerprint density at radius 3 is 2.71 bits per heavy atom. The molecule has 2 aliphatic heterocycles. The molecule has 2 aromatic carbocycles. The monoisotopic (exact) mass is 380 g/mol. The van der Waals surface area contributed by atoms with Gasteiger partial charge in [0.05, 0.1) is 25.8 Å². The second kappa shape index (κ2) is 7.47. The van der Waals surface area contributed by atoms with Crippen LogP contribution in [0.4, 0.5) is 5.69 Å². The molecule has 1 fully saturated rings. The number of carbonyl (C=O) groups is 1. The number of aliphatic hydroxyl groups is 1. The van der Waals surface area contributed by atoms with Crippen LogP contribution in [0.25, 0.3) is 11.1 Å². The molecule has 0 unspecified atom stereocenters. The van der Waals surface area contributed by atoms with Gasteiger partial charge in [-0.1, -0.05) is 25.1 Å². The van der Waals surface area contributed by atoms with E-state index in [0.717, 1.165) is 35.5 Å². The number of amides is 1. The van der Waals surface area contributed by atoms with Crippen molar-refractivity contribution in [2.75, 3.05) is 32.2 Å². The summed E-state index contributed by atoms with van der Waals surface area (Å²) in [6.07, 6.45) is 1.43. The molecular formula is C23H28N2O3. The summed E-state index contributed by atoms with van der Waals surface area (Å²) < 4.78 is 5.38. The summed E-state index contributed by atoms with van der Waals surface area (Å²) in [7, 11) is 3.72. The molecule has 28 heavy (non-hydrogen) atoms. The van der Waals surface area contributed by atoms with Crippen LogP contribution in [-0.4, -0.2) is 49.3 Å². The number of hydrogen-bond donors (Lipinski definition) is 1. The molecule has 2 aromatic rings. The zero-order valence-corrected chi connectivity index (χ0v) is 16.8. The van der Waals surface area contributed by atoms with Gasteiger partial charge in [0, 0.05) is 31.6 Å². The van der Waals surface area contributed by atoms with Crippen molar-refractivity contribution >= 4 is 11.6 Å². The molecule has 5 nitrogen and oxygen atoms in total. The summed E-state index contributed by atoms with van der Waals surface area (Å²) in [6.45, 7) is 2.78. The van der Waals surface area contributed by atoms with Crippen LogP contribution in [0.2, 0.25) is 0 Å². The van der Waals surface area contributed by atoms with Gasteiger partial charge in [-0.05, 0) is 47.4 Å². The van der Waals surface area contributed by atoms with Gasteiger partial charge >= 0.3 is 0 Å². The fraction of sp³-hybridized carbons (Fsp3) is 0.435. The minimum atomic E-state index is 0.0290. The maximum absolute atomic E-state index is 12.6. The minimum absolute atomic E-state index is 0.0290.